The molecule has 0 aromatic carbocycles. The molecule has 0 atom stereocenters. The van der Waals surface area contributed by atoms with Crippen LogP contribution >= 0.6 is 23.7 Å². The Kier molecular flexibility index (Phi) is 9.99. The first-order valence-corrected chi connectivity index (χ1v) is 1.54. The molecule has 0 bridgehead atoms. The average molecular weight is 157 g/mol. The van der Waals surface area contributed by atoms with E-state index in [1.54, 1.807) is 0 Å². The van der Waals surface area contributed by atoms with Crippen LogP contribution in [-0.2, 0) is 8.58 Å². The summed E-state index contributed by atoms with van der Waals surface area (Å²) in [4.78, 5) is 9.47. The standard InChI is InChI=1S/CCl2O3.Mg.2H/c2-5-1(4)6-3;;;. The van der Waals surface area contributed by atoms with Gasteiger partial charge in [-0.3, -0.25) is 0 Å². The summed E-state index contributed by atoms with van der Waals surface area (Å²) in [5, 5.41) is 0. The summed E-state index contributed by atoms with van der Waals surface area (Å²) >= 11 is 8.79. The summed E-state index contributed by atoms with van der Waals surface area (Å²) in [6.45, 7) is 0. The third-order valence-electron chi connectivity index (χ3n) is 0.126. The normalized spacial score (nSPS) is 6.00. The molecule has 0 aromatic heterocycles. The fraction of sp³-hybridized carbons (Fsp3) is 0. The summed E-state index contributed by atoms with van der Waals surface area (Å²) in [5.74, 6) is 0. The number of rotatable bonds is 0. The number of carbonyl (C=O) groups excluding carboxylic acids is 1. The van der Waals surface area contributed by atoms with Crippen molar-refractivity contribution in [3.05, 3.63) is 0 Å². The largest absolute Gasteiger partial charge is 0.545 e. The van der Waals surface area contributed by atoms with Gasteiger partial charge in [0.15, 0.2) is 0 Å². The molecule has 0 spiro atoms. The molecule has 0 N–H and O–H groups in total. The van der Waals surface area contributed by atoms with Crippen LogP contribution < -0.4 is 0 Å². The highest BCUT2D eigenvalue weighted by atomic mass is 35.5. The SMILES string of the molecule is O=C(OCl)OCl.[MgH2]. The van der Waals surface area contributed by atoms with Gasteiger partial charge in [0.2, 0.25) is 0 Å². The molecule has 0 saturated carbocycles. The maximum Gasteiger partial charge on any atom is 0.545 e. The fourth-order valence-corrected chi connectivity index (χ4v) is 0.107. The second-order valence-corrected chi connectivity index (χ2v) is 0.713. The summed E-state index contributed by atoms with van der Waals surface area (Å²) in [6, 6.07) is 0. The van der Waals surface area contributed by atoms with Gasteiger partial charge in [-0.05, 0) is 0 Å². The third-order valence-corrected chi connectivity index (χ3v) is 0.378. The molecule has 0 heterocycles. The molecule has 3 nitrogen and oxygen atoms in total. The minimum atomic E-state index is -1.13. The number of halogens is 2. The molecular weight excluding hydrogens is 155 g/mol. The summed E-state index contributed by atoms with van der Waals surface area (Å²) in [6.07, 6.45) is -1.13. The molecule has 0 amide bonds. The Morgan fingerprint density at radius 3 is 1.57 bits per heavy atom. The zero-order valence-corrected chi connectivity index (χ0v) is 3.99. The van der Waals surface area contributed by atoms with Crippen molar-refractivity contribution in [2.75, 3.05) is 0 Å². The van der Waals surface area contributed by atoms with E-state index in [4.69, 9.17) is 0 Å². The Hall–Kier alpha value is 0.616. The van der Waals surface area contributed by atoms with Crippen LogP contribution in [-0.4, -0.2) is 29.2 Å². The molecule has 40 valence electrons. The Morgan fingerprint density at radius 1 is 1.29 bits per heavy atom. The minimum absolute atomic E-state index is 0. The first-order valence-electron chi connectivity index (χ1n) is 0.921. The van der Waals surface area contributed by atoms with Gasteiger partial charge in [-0.15, -0.1) is 0 Å². The molecule has 0 unspecified atom stereocenters. The molecule has 0 aliphatic carbocycles. The lowest BCUT2D eigenvalue weighted by molar-refractivity contribution is 0.161. The van der Waals surface area contributed by atoms with Gasteiger partial charge in [0.05, 0.1) is 0 Å². The minimum Gasteiger partial charge on any atom is -0.314 e. The van der Waals surface area contributed by atoms with Crippen molar-refractivity contribution in [3.63, 3.8) is 0 Å². The monoisotopic (exact) mass is 156 g/mol. The van der Waals surface area contributed by atoms with Crippen LogP contribution in [0.25, 0.3) is 0 Å². The Bertz CT molecular complexity index is 50.9. The second kappa shape index (κ2) is 6.62. The molecule has 6 heteroatoms. The van der Waals surface area contributed by atoms with Gasteiger partial charge in [0.25, 0.3) is 0 Å². The van der Waals surface area contributed by atoms with Gasteiger partial charge < -0.3 is 8.58 Å². The number of hydrogen-bond donors (Lipinski definition) is 0. The smallest absolute Gasteiger partial charge is 0.314 e. The second-order valence-electron chi connectivity index (χ2n) is 0.404. The van der Waals surface area contributed by atoms with E-state index in [2.05, 4.69) is 32.3 Å². The van der Waals surface area contributed by atoms with E-state index >= 15 is 0 Å². The zero-order valence-electron chi connectivity index (χ0n) is 2.48. The number of hydrogen-bond acceptors (Lipinski definition) is 3. The van der Waals surface area contributed by atoms with Gasteiger partial charge in [-0.1, -0.05) is 0 Å². The van der Waals surface area contributed by atoms with Crippen LogP contribution in [0.4, 0.5) is 4.79 Å². The number of carbonyl (C=O) groups is 1. The van der Waals surface area contributed by atoms with Gasteiger partial charge in [0.1, 0.15) is 23.7 Å². The maximum absolute atomic E-state index is 9.47. The van der Waals surface area contributed by atoms with E-state index in [0.29, 0.717) is 0 Å². The van der Waals surface area contributed by atoms with E-state index in [9.17, 15) is 4.79 Å². The topological polar surface area (TPSA) is 35.5 Å². The van der Waals surface area contributed by atoms with Crippen molar-refractivity contribution < 1.29 is 13.4 Å². The van der Waals surface area contributed by atoms with Gasteiger partial charge in [-0.2, -0.15) is 0 Å². The maximum atomic E-state index is 9.47. The molecule has 0 aliphatic heterocycles. The van der Waals surface area contributed by atoms with Crippen LogP contribution in [0, 0.1) is 0 Å². The summed E-state index contributed by atoms with van der Waals surface area (Å²) in [5.41, 5.74) is 0. The Labute approximate surface area is 66.3 Å². The highest BCUT2D eigenvalue weighted by molar-refractivity contribution is 6.17. The molecule has 0 aromatic rings. The van der Waals surface area contributed by atoms with Gasteiger partial charge in [0, 0.05) is 0 Å². The van der Waals surface area contributed by atoms with Crippen LogP contribution in [0.2, 0.25) is 0 Å². The van der Waals surface area contributed by atoms with E-state index in [0.717, 1.165) is 0 Å². The van der Waals surface area contributed by atoms with Crippen LogP contribution in [0.1, 0.15) is 0 Å². The first-order chi connectivity index (χ1) is 2.81. The molecule has 0 rings (SSSR count). The third kappa shape index (κ3) is 6.62. The van der Waals surface area contributed by atoms with Crippen molar-refractivity contribution in [1.29, 1.82) is 0 Å². The zero-order chi connectivity index (χ0) is 4.99. The predicted molar refractivity (Wildman–Crippen MR) is 27.8 cm³/mol. The lowest BCUT2D eigenvalue weighted by Crippen LogP contribution is -1.89. The Balaban J connectivity index is 0. The lowest BCUT2D eigenvalue weighted by Gasteiger charge is -1.81. The van der Waals surface area contributed by atoms with E-state index < -0.39 is 6.16 Å². The molecule has 0 saturated heterocycles. The molecule has 0 fully saturated rings. The lowest BCUT2D eigenvalue weighted by atomic mass is 11.5. The predicted octanol–water partition coefficient (Wildman–Crippen LogP) is 0.531. The van der Waals surface area contributed by atoms with Crippen molar-refractivity contribution in [1.82, 2.24) is 0 Å². The van der Waals surface area contributed by atoms with E-state index in [-0.39, 0.29) is 23.1 Å². The van der Waals surface area contributed by atoms with Gasteiger partial charge in [-0.25, -0.2) is 4.79 Å². The molecule has 7 heavy (non-hydrogen) atoms. The van der Waals surface area contributed by atoms with Crippen molar-refractivity contribution in [2.45, 2.75) is 0 Å². The van der Waals surface area contributed by atoms with Gasteiger partial charge >= 0.3 is 29.2 Å². The first kappa shape index (κ1) is 10.6. The summed E-state index contributed by atoms with van der Waals surface area (Å²) < 4.78 is 6.76. The van der Waals surface area contributed by atoms with E-state index in [1.807, 2.05) is 0 Å². The highest BCUT2D eigenvalue weighted by Crippen LogP contribution is 1.88. The quantitative estimate of drug-likeness (QED) is 0.481. The molecule has 0 aliphatic rings. The molecular formula is CH2Cl2MgO3. The average Bonchev–Trinajstić information content (AvgIpc) is 1.65. The Morgan fingerprint density at radius 2 is 1.57 bits per heavy atom. The van der Waals surface area contributed by atoms with Crippen LogP contribution in [0.5, 0.6) is 0 Å². The van der Waals surface area contributed by atoms with Crippen molar-refractivity contribution in [3.8, 4) is 0 Å². The fourth-order valence-electron chi connectivity index (χ4n) is 0.0119. The van der Waals surface area contributed by atoms with Crippen molar-refractivity contribution >= 4 is 52.9 Å². The highest BCUT2D eigenvalue weighted by Gasteiger charge is 1.95. The summed E-state index contributed by atoms with van der Waals surface area (Å²) in [7, 11) is 0. The van der Waals surface area contributed by atoms with Crippen molar-refractivity contribution in [2.24, 2.45) is 0 Å². The van der Waals surface area contributed by atoms with Crippen LogP contribution in [0.3, 0.4) is 0 Å². The molecule has 0 radical (unpaired) electrons. The van der Waals surface area contributed by atoms with Crippen LogP contribution in [0.15, 0.2) is 0 Å². The van der Waals surface area contributed by atoms with E-state index in [1.165, 1.54) is 0 Å².